The molecule has 3 atom stereocenters. The highest BCUT2D eigenvalue weighted by Gasteiger charge is 2.37. The minimum absolute atomic E-state index is 0.00560. The molecule has 0 amide bonds. The van der Waals surface area contributed by atoms with Gasteiger partial charge in [0, 0.05) is 37.3 Å². The lowest BCUT2D eigenvalue weighted by molar-refractivity contribution is 0.0286. The molecule has 2 N–H and O–H groups in total. The second kappa shape index (κ2) is 5.80. The SMILES string of the molecule is CC1CN2CCCC2CN1C(CN)c1ccccc1F. The summed E-state index contributed by atoms with van der Waals surface area (Å²) in [6, 6.07) is 8.11. The largest absolute Gasteiger partial charge is 0.329 e. The highest BCUT2D eigenvalue weighted by Crippen LogP contribution is 2.31. The van der Waals surface area contributed by atoms with E-state index in [1.807, 2.05) is 12.1 Å². The van der Waals surface area contributed by atoms with Gasteiger partial charge < -0.3 is 5.73 Å². The van der Waals surface area contributed by atoms with Crippen LogP contribution in [0.5, 0.6) is 0 Å². The summed E-state index contributed by atoms with van der Waals surface area (Å²) in [5.41, 5.74) is 6.73. The van der Waals surface area contributed by atoms with Crippen molar-refractivity contribution >= 4 is 0 Å². The summed E-state index contributed by atoms with van der Waals surface area (Å²) in [5.74, 6) is -0.135. The molecule has 1 aromatic rings. The Morgan fingerprint density at radius 1 is 1.35 bits per heavy atom. The van der Waals surface area contributed by atoms with Crippen LogP contribution < -0.4 is 5.73 Å². The van der Waals surface area contributed by atoms with Crippen molar-refractivity contribution < 1.29 is 4.39 Å². The highest BCUT2D eigenvalue weighted by atomic mass is 19.1. The molecule has 110 valence electrons. The maximum Gasteiger partial charge on any atom is 0.128 e. The summed E-state index contributed by atoms with van der Waals surface area (Å²) < 4.78 is 14.1. The zero-order valence-electron chi connectivity index (χ0n) is 12.1. The normalized spacial score (nSPS) is 29.4. The third-order valence-electron chi connectivity index (χ3n) is 4.87. The van der Waals surface area contributed by atoms with E-state index in [4.69, 9.17) is 5.73 Å². The molecule has 3 rings (SSSR count). The standard InChI is InChI=1S/C16H24FN3/c1-12-10-19-8-4-5-13(19)11-20(12)16(9-18)14-6-2-3-7-15(14)17/h2-3,6-7,12-13,16H,4-5,8-11,18H2,1H3. The van der Waals surface area contributed by atoms with Crippen LogP contribution in [0.15, 0.2) is 24.3 Å². The van der Waals surface area contributed by atoms with Crippen LogP contribution in [-0.2, 0) is 0 Å². The van der Waals surface area contributed by atoms with Gasteiger partial charge in [0.05, 0.1) is 6.04 Å². The van der Waals surface area contributed by atoms with Crippen molar-refractivity contribution in [3.05, 3.63) is 35.6 Å². The van der Waals surface area contributed by atoms with Crippen molar-refractivity contribution in [3.8, 4) is 0 Å². The number of hydrogen-bond acceptors (Lipinski definition) is 3. The Hall–Kier alpha value is -0.970. The lowest BCUT2D eigenvalue weighted by atomic mass is 9.99. The molecule has 0 aromatic heterocycles. The molecule has 2 heterocycles. The number of halogens is 1. The maximum absolute atomic E-state index is 14.1. The molecule has 2 aliphatic heterocycles. The molecule has 0 radical (unpaired) electrons. The molecule has 2 fully saturated rings. The molecule has 0 saturated carbocycles. The van der Waals surface area contributed by atoms with Crippen molar-refractivity contribution in [1.29, 1.82) is 0 Å². The lowest BCUT2D eigenvalue weighted by Crippen LogP contribution is -2.56. The zero-order chi connectivity index (χ0) is 14.1. The molecule has 3 nitrogen and oxygen atoms in total. The fourth-order valence-corrected chi connectivity index (χ4v) is 3.83. The topological polar surface area (TPSA) is 32.5 Å². The summed E-state index contributed by atoms with van der Waals surface area (Å²) in [4.78, 5) is 4.99. The monoisotopic (exact) mass is 277 g/mol. The van der Waals surface area contributed by atoms with Gasteiger partial charge in [0.1, 0.15) is 5.82 Å². The van der Waals surface area contributed by atoms with Crippen LogP contribution in [0.2, 0.25) is 0 Å². The Kier molecular flexibility index (Phi) is 4.06. The van der Waals surface area contributed by atoms with Gasteiger partial charge in [-0.3, -0.25) is 9.80 Å². The van der Waals surface area contributed by atoms with E-state index >= 15 is 0 Å². The van der Waals surface area contributed by atoms with Gasteiger partial charge in [0.2, 0.25) is 0 Å². The van der Waals surface area contributed by atoms with Crippen molar-refractivity contribution in [2.75, 3.05) is 26.2 Å². The number of hydrogen-bond donors (Lipinski definition) is 1. The van der Waals surface area contributed by atoms with Crippen LogP contribution in [0, 0.1) is 5.82 Å². The second-order valence-corrected chi connectivity index (χ2v) is 6.11. The first-order chi connectivity index (χ1) is 9.70. The van der Waals surface area contributed by atoms with Crippen LogP contribution in [0.3, 0.4) is 0 Å². The average molecular weight is 277 g/mol. The van der Waals surface area contributed by atoms with Gasteiger partial charge in [-0.05, 0) is 32.4 Å². The van der Waals surface area contributed by atoms with E-state index in [-0.39, 0.29) is 11.9 Å². The van der Waals surface area contributed by atoms with Crippen LogP contribution in [-0.4, -0.2) is 48.1 Å². The smallest absolute Gasteiger partial charge is 0.128 e. The van der Waals surface area contributed by atoms with Crippen LogP contribution in [0.1, 0.15) is 31.4 Å². The molecule has 2 aliphatic rings. The lowest BCUT2D eigenvalue weighted by Gasteiger charge is -2.46. The Labute approximate surface area is 120 Å². The summed E-state index contributed by atoms with van der Waals surface area (Å²) in [5, 5.41) is 0. The molecular formula is C16H24FN3. The fourth-order valence-electron chi connectivity index (χ4n) is 3.83. The van der Waals surface area contributed by atoms with E-state index in [0.29, 0.717) is 18.6 Å². The van der Waals surface area contributed by atoms with Crippen molar-refractivity contribution in [2.45, 2.75) is 37.9 Å². The number of benzene rings is 1. The Morgan fingerprint density at radius 2 is 2.15 bits per heavy atom. The van der Waals surface area contributed by atoms with Gasteiger partial charge >= 0.3 is 0 Å². The molecule has 0 spiro atoms. The van der Waals surface area contributed by atoms with Gasteiger partial charge in [0.25, 0.3) is 0 Å². The molecule has 3 unspecified atom stereocenters. The number of nitrogens with two attached hydrogens (primary N) is 1. The van der Waals surface area contributed by atoms with Crippen molar-refractivity contribution in [2.24, 2.45) is 5.73 Å². The van der Waals surface area contributed by atoms with Crippen LogP contribution >= 0.6 is 0 Å². The maximum atomic E-state index is 14.1. The molecule has 20 heavy (non-hydrogen) atoms. The number of nitrogens with zero attached hydrogens (tertiary/aromatic N) is 2. The first-order valence-electron chi connectivity index (χ1n) is 7.65. The van der Waals surface area contributed by atoms with Gasteiger partial charge in [-0.2, -0.15) is 0 Å². The molecule has 4 heteroatoms. The molecular weight excluding hydrogens is 253 g/mol. The van der Waals surface area contributed by atoms with Gasteiger partial charge in [-0.15, -0.1) is 0 Å². The summed E-state index contributed by atoms with van der Waals surface area (Å²) in [7, 11) is 0. The van der Waals surface area contributed by atoms with Crippen LogP contribution in [0.4, 0.5) is 4.39 Å². The van der Waals surface area contributed by atoms with Crippen molar-refractivity contribution in [1.82, 2.24) is 9.80 Å². The van der Waals surface area contributed by atoms with E-state index in [2.05, 4.69) is 16.7 Å². The van der Waals surface area contributed by atoms with E-state index in [9.17, 15) is 4.39 Å². The quantitative estimate of drug-likeness (QED) is 0.917. The van der Waals surface area contributed by atoms with Gasteiger partial charge in [-0.25, -0.2) is 4.39 Å². The third-order valence-corrected chi connectivity index (χ3v) is 4.87. The van der Waals surface area contributed by atoms with E-state index in [1.165, 1.54) is 25.5 Å². The Morgan fingerprint density at radius 3 is 2.90 bits per heavy atom. The first kappa shape index (κ1) is 14.0. The highest BCUT2D eigenvalue weighted by molar-refractivity contribution is 5.22. The van der Waals surface area contributed by atoms with Crippen LogP contribution in [0.25, 0.3) is 0 Å². The van der Waals surface area contributed by atoms with Gasteiger partial charge in [-0.1, -0.05) is 18.2 Å². The minimum atomic E-state index is -0.135. The zero-order valence-corrected chi connectivity index (χ0v) is 12.1. The fraction of sp³-hybridized carbons (Fsp3) is 0.625. The minimum Gasteiger partial charge on any atom is -0.329 e. The van der Waals surface area contributed by atoms with Gasteiger partial charge in [0.15, 0.2) is 0 Å². The number of fused-ring (bicyclic) bond motifs is 1. The number of piperazine rings is 1. The molecule has 0 aliphatic carbocycles. The molecule has 0 bridgehead atoms. The van der Waals surface area contributed by atoms with E-state index in [0.717, 1.165) is 18.7 Å². The third kappa shape index (κ3) is 2.48. The first-order valence-corrected chi connectivity index (χ1v) is 7.65. The number of rotatable bonds is 3. The van der Waals surface area contributed by atoms with Crippen molar-refractivity contribution in [3.63, 3.8) is 0 Å². The second-order valence-electron chi connectivity index (χ2n) is 6.11. The summed E-state index contributed by atoms with van der Waals surface area (Å²) >= 11 is 0. The summed E-state index contributed by atoms with van der Waals surface area (Å²) in [6.07, 6.45) is 2.55. The average Bonchev–Trinajstić information content (AvgIpc) is 2.89. The summed E-state index contributed by atoms with van der Waals surface area (Å²) in [6.45, 7) is 6.01. The molecule has 2 saturated heterocycles. The van der Waals surface area contributed by atoms with E-state index in [1.54, 1.807) is 6.07 Å². The predicted octanol–water partition coefficient (Wildman–Crippen LogP) is 1.99. The predicted molar refractivity (Wildman–Crippen MR) is 79.0 cm³/mol. The molecule has 1 aromatic carbocycles. The Bertz CT molecular complexity index is 465. The Balaban J connectivity index is 1.83. The van der Waals surface area contributed by atoms with E-state index < -0.39 is 0 Å².